The lowest BCUT2D eigenvalue weighted by Crippen LogP contribution is -2.37. The molecule has 1 aromatic carbocycles. The van der Waals surface area contributed by atoms with Crippen LogP contribution in [-0.4, -0.2) is 39.4 Å². The number of halogens is 1. The summed E-state index contributed by atoms with van der Waals surface area (Å²) in [5, 5.41) is 3.09. The van der Waals surface area contributed by atoms with Gasteiger partial charge in [-0.05, 0) is 25.0 Å². The van der Waals surface area contributed by atoms with Crippen LogP contribution in [0.25, 0.3) is 0 Å². The molecule has 124 valence electrons. The van der Waals surface area contributed by atoms with E-state index in [9.17, 15) is 0 Å². The zero-order chi connectivity index (χ0) is 15.1. The average Bonchev–Trinajstić information content (AvgIpc) is 3.04. The van der Waals surface area contributed by atoms with Gasteiger partial charge in [-0.15, -0.1) is 24.0 Å². The molecule has 1 aliphatic heterocycles. The van der Waals surface area contributed by atoms with E-state index in [-0.39, 0.29) is 30.1 Å². The number of nitrogens with two attached hydrogens (primary N) is 1. The molecule has 0 aromatic heterocycles. The lowest BCUT2D eigenvalue weighted by molar-refractivity contribution is 0.114. The largest absolute Gasteiger partial charge is 0.497 e. The Labute approximate surface area is 148 Å². The van der Waals surface area contributed by atoms with Crippen molar-refractivity contribution in [2.45, 2.75) is 25.5 Å². The molecule has 0 bridgehead atoms. The van der Waals surface area contributed by atoms with Crippen LogP contribution in [0.3, 0.4) is 0 Å². The number of methoxy groups -OCH3 is 2. The molecule has 0 spiro atoms. The Balaban J connectivity index is 0.00000242. The van der Waals surface area contributed by atoms with Crippen molar-refractivity contribution in [3.8, 4) is 11.5 Å². The van der Waals surface area contributed by atoms with E-state index in [2.05, 4.69) is 10.3 Å². The van der Waals surface area contributed by atoms with Crippen LogP contribution in [0.2, 0.25) is 0 Å². The van der Waals surface area contributed by atoms with Gasteiger partial charge in [-0.3, -0.25) is 0 Å². The number of hydrogen-bond acceptors (Lipinski definition) is 4. The second-order valence-corrected chi connectivity index (χ2v) is 4.90. The highest BCUT2D eigenvalue weighted by molar-refractivity contribution is 14.0. The summed E-state index contributed by atoms with van der Waals surface area (Å²) < 4.78 is 16.0. The minimum Gasteiger partial charge on any atom is -0.497 e. The third kappa shape index (κ3) is 5.53. The molecule has 1 saturated heterocycles. The van der Waals surface area contributed by atoms with Gasteiger partial charge in [-0.2, -0.15) is 0 Å². The van der Waals surface area contributed by atoms with Gasteiger partial charge in [-0.1, -0.05) is 0 Å². The molecule has 0 radical (unpaired) electrons. The summed E-state index contributed by atoms with van der Waals surface area (Å²) in [5.74, 6) is 1.91. The fourth-order valence-electron chi connectivity index (χ4n) is 2.23. The zero-order valence-corrected chi connectivity index (χ0v) is 15.3. The Morgan fingerprint density at radius 2 is 2.23 bits per heavy atom. The average molecular weight is 421 g/mol. The van der Waals surface area contributed by atoms with Gasteiger partial charge in [0.05, 0.1) is 26.9 Å². The Bertz CT molecular complexity index is 491. The van der Waals surface area contributed by atoms with Crippen LogP contribution in [0, 0.1) is 0 Å². The highest BCUT2D eigenvalue weighted by Gasteiger charge is 2.14. The molecule has 0 saturated carbocycles. The van der Waals surface area contributed by atoms with Crippen molar-refractivity contribution in [2.75, 3.05) is 27.4 Å². The second kappa shape index (κ2) is 9.73. The maximum absolute atomic E-state index is 5.87. The van der Waals surface area contributed by atoms with Crippen LogP contribution in [0.4, 0.5) is 0 Å². The number of ether oxygens (including phenoxy) is 3. The Morgan fingerprint density at radius 3 is 2.86 bits per heavy atom. The van der Waals surface area contributed by atoms with Crippen molar-refractivity contribution >= 4 is 29.9 Å². The molecular formula is C15H24IN3O3. The van der Waals surface area contributed by atoms with Gasteiger partial charge in [0.1, 0.15) is 11.5 Å². The molecule has 1 unspecified atom stereocenters. The van der Waals surface area contributed by atoms with Crippen molar-refractivity contribution in [3.05, 3.63) is 23.8 Å². The summed E-state index contributed by atoms with van der Waals surface area (Å²) in [4.78, 5) is 4.33. The van der Waals surface area contributed by atoms with Crippen LogP contribution in [0.15, 0.2) is 23.2 Å². The van der Waals surface area contributed by atoms with Gasteiger partial charge in [0, 0.05) is 24.8 Å². The van der Waals surface area contributed by atoms with E-state index < -0.39 is 0 Å². The fraction of sp³-hybridized carbons (Fsp3) is 0.533. The normalized spacial score (nSPS) is 17.7. The van der Waals surface area contributed by atoms with Gasteiger partial charge in [0.2, 0.25) is 0 Å². The molecule has 1 aromatic rings. The fourth-order valence-corrected chi connectivity index (χ4v) is 2.23. The molecule has 22 heavy (non-hydrogen) atoms. The summed E-state index contributed by atoms with van der Waals surface area (Å²) >= 11 is 0. The minimum absolute atomic E-state index is 0. The molecule has 1 heterocycles. The highest BCUT2D eigenvalue weighted by Crippen LogP contribution is 2.25. The van der Waals surface area contributed by atoms with E-state index in [1.54, 1.807) is 14.2 Å². The topological polar surface area (TPSA) is 78.1 Å². The third-order valence-electron chi connectivity index (χ3n) is 3.45. The van der Waals surface area contributed by atoms with Gasteiger partial charge in [-0.25, -0.2) is 4.99 Å². The van der Waals surface area contributed by atoms with Crippen molar-refractivity contribution in [1.29, 1.82) is 0 Å². The minimum atomic E-state index is 0. The lowest BCUT2D eigenvalue weighted by Gasteiger charge is -2.12. The summed E-state index contributed by atoms with van der Waals surface area (Å²) in [6, 6.07) is 5.64. The van der Waals surface area contributed by atoms with Crippen molar-refractivity contribution < 1.29 is 14.2 Å². The van der Waals surface area contributed by atoms with Crippen LogP contribution in [-0.2, 0) is 11.3 Å². The summed E-state index contributed by atoms with van der Waals surface area (Å²) in [7, 11) is 3.25. The van der Waals surface area contributed by atoms with Crippen LogP contribution >= 0.6 is 24.0 Å². The number of nitrogens with one attached hydrogen (secondary N) is 1. The molecule has 7 heteroatoms. The van der Waals surface area contributed by atoms with Crippen LogP contribution in [0.5, 0.6) is 11.5 Å². The van der Waals surface area contributed by atoms with Crippen LogP contribution in [0.1, 0.15) is 18.4 Å². The van der Waals surface area contributed by atoms with Gasteiger partial charge in [0.25, 0.3) is 0 Å². The molecule has 1 aliphatic rings. The number of aliphatic imine (C=N–C) groups is 1. The number of hydrogen-bond donors (Lipinski definition) is 2. The zero-order valence-electron chi connectivity index (χ0n) is 13.0. The predicted molar refractivity (Wildman–Crippen MR) is 97.3 cm³/mol. The van der Waals surface area contributed by atoms with Crippen molar-refractivity contribution in [1.82, 2.24) is 5.32 Å². The van der Waals surface area contributed by atoms with Crippen molar-refractivity contribution in [3.63, 3.8) is 0 Å². The molecule has 0 aliphatic carbocycles. The molecule has 0 amide bonds. The van der Waals surface area contributed by atoms with E-state index in [0.717, 1.165) is 36.5 Å². The maximum Gasteiger partial charge on any atom is 0.189 e. The molecule has 3 N–H and O–H groups in total. The quantitative estimate of drug-likeness (QED) is 0.417. The third-order valence-corrected chi connectivity index (χ3v) is 3.45. The Hall–Kier alpha value is -1.22. The van der Waals surface area contributed by atoms with Crippen LogP contribution < -0.4 is 20.5 Å². The van der Waals surface area contributed by atoms with Gasteiger partial charge in [0.15, 0.2) is 5.96 Å². The standard InChI is InChI=1S/C15H23N3O3.HI/c1-19-12-6-5-11(14(8-12)20-2)9-17-15(16)18-10-13-4-3-7-21-13;/h5-6,8,13H,3-4,7,9-10H2,1-2H3,(H3,16,17,18);1H. The summed E-state index contributed by atoms with van der Waals surface area (Å²) in [6.07, 6.45) is 2.44. The second-order valence-electron chi connectivity index (χ2n) is 4.90. The lowest BCUT2D eigenvalue weighted by atomic mass is 10.2. The van der Waals surface area contributed by atoms with E-state index in [0.29, 0.717) is 19.0 Å². The smallest absolute Gasteiger partial charge is 0.189 e. The number of nitrogens with zero attached hydrogens (tertiary/aromatic N) is 1. The first-order chi connectivity index (χ1) is 10.2. The first-order valence-corrected chi connectivity index (χ1v) is 7.09. The molecule has 2 rings (SSSR count). The number of benzene rings is 1. The summed E-state index contributed by atoms with van der Waals surface area (Å²) in [6.45, 7) is 2.00. The Morgan fingerprint density at radius 1 is 1.41 bits per heavy atom. The van der Waals surface area contributed by atoms with Gasteiger partial charge >= 0.3 is 0 Å². The number of rotatable bonds is 6. The highest BCUT2D eigenvalue weighted by atomic mass is 127. The van der Waals surface area contributed by atoms with E-state index in [4.69, 9.17) is 19.9 Å². The first-order valence-electron chi connectivity index (χ1n) is 7.09. The molecular weight excluding hydrogens is 397 g/mol. The van der Waals surface area contributed by atoms with Gasteiger partial charge < -0.3 is 25.3 Å². The summed E-state index contributed by atoms with van der Waals surface area (Å²) in [5.41, 5.74) is 6.82. The number of guanidine groups is 1. The predicted octanol–water partition coefficient (Wildman–Crippen LogP) is 1.91. The maximum atomic E-state index is 5.87. The molecule has 1 fully saturated rings. The SMILES string of the molecule is COc1ccc(CN=C(N)NCC2CCCO2)c(OC)c1.I. The van der Waals surface area contributed by atoms with E-state index >= 15 is 0 Å². The van der Waals surface area contributed by atoms with E-state index in [1.165, 1.54) is 0 Å². The van der Waals surface area contributed by atoms with Crippen molar-refractivity contribution in [2.24, 2.45) is 10.7 Å². The monoisotopic (exact) mass is 421 g/mol. The van der Waals surface area contributed by atoms with E-state index in [1.807, 2.05) is 18.2 Å². The first kappa shape index (κ1) is 18.8. The molecule has 1 atom stereocenters. The Kier molecular flexibility index (Phi) is 8.32. The molecule has 6 nitrogen and oxygen atoms in total.